The van der Waals surface area contributed by atoms with E-state index in [-0.39, 0.29) is 15.8 Å². The summed E-state index contributed by atoms with van der Waals surface area (Å²) in [6, 6.07) is 20.0. The molecule has 2 nitrogen and oxygen atoms in total. The van der Waals surface area contributed by atoms with E-state index in [1.165, 1.54) is 34.4 Å². The predicted octanol–water partition coefficient (Wildman–Crippen LogP) is 5.54. The molecule has 23 heavy (non-hydrogen) atoms. The van der Waals surface area contributed by atoms with Crippen LogP contribution in [0.1, 0.15) is 11.1 Å². The Labute approximate surface area is 145 Å². The molecule has 116 valence electrons. The van der Waals surface area contributed by atoms with Crippen LogP contribution in [0.2, 0.25) is 10.0 Å². The standard InChI is InChI=1S/C13H10.C6H5Cl2NO/c1-3-7-12-10(5-1)9-11-6-2-4-8-13(11)12;7-4-1-3(10)2-5(8)6(4)9/h1-8H,9H2;1-2,10H,9H2. The monoisotopic (exact) mass is 343 g/mol. The van der Waals surface area contributed by atoms with Crippen LogP contribution >= 0.6 is 23.2 Å². The number of hydrogen-bond acceptors (Lipinski definition) is 2. The minimum atomic E-state index is 0.0178. The quantitative estimate of drug-likeness (QED) is 0.325. The van der Waals surface area contributed by atoms with Crippen molar-refractivity contribution in [2.75, 3.05) is 5.73 Å². The Hall–Kier alpha value is -2.16. The van der Waals surface area contributed by atoms with E-state index in [1.807, 2.05) is 0 Å². The van der Waals surface area contributed by atoms with Gasteiger partial charge in [0.1, 0.15) is 5.75 Å². The fourth-order valence-electron chi connectivity index (χ4n) is 2.65. The maximum Gasteiger partial charge on any atom is 0.118 e. The molecule has 0 heterocycles. The lowest BCUT2D eigenvalue weighted by atomic mass is 10.1. The lowest BCUT2D eigenvalue weighted by molar-refractivity contribution is 0.475. The van der Waals surface area contributed by atoms with Gasteiger partial charge in [0, 0.05) is 12.1 Å². The molecule has 0 saturated carbocycles. The Balaban J connectivity index is 0.000000142. The normalized spacial score (nSPS) is 11.2. The number of rotatable bonds is 0. The molecule has 3 aromatic carbocycles. The van der Waals surface area contributed by atoms with Crippen LogP contribution < -0.4 is 5.73 Å². The van der Waals surface area contributed by atoms with Crippen LogP contribution in [-0.2, 0) is 6.42 Å². The highest BCUT2D eigenvalue weighted by atomic mass is 35.5. The van der Waals surface area contributed by atoms with E-state index in [0.717, 1.165) is 6.42 Å². The third-order valence-corrected chi connectivity index (χ3v) is 4.40. The molecule has 0 radical (unpaired) electrons. The third kappa shape index (κ3) is 3.29. The van der Waals surface area contributed by atoms with Gasteiger partial charge in [-0.25, -0.2) is 0 Å². The molecular formula is C19H15Cl2NO. The van der Waals surface area contributed by atoms with Crippen molar-refractivity contribution in [2.45, 2.75) is 6.42 Å². The molecule has 3 N–H and O–H groups in total. The van der Waals surface area contributed by atoms with Crippen LogP contribution in [0.15, 0.2) is 60.7 Å². The molecule has 4 rings (SSSR count). The molecule has 0 bridgehead atoms. The van der Waals surface area contributed by atoms with Crippen molar-refractivity contribution in [1.29, 1.82) is 0 Å². The molecule has 0 aliphatic heterocycles. The highest BCUT2D eigenvalue weighted by Gasteiger charge is 2.15. The second-order valence-electron chi connectivity index (χ2n) is 5.31. The first-order valence-corrected chi connectivity index (χ1v) is 7.91. The average molecular weight is 344 g/mol. The molecule has 3 aromatic rings. The Morgan fingerprint density at radius 2 is 1.22 bits per heavy atom. The Morgan fingerprint density at radius 1 is 0.783 bits per heavy atom. The Bertz CT molecular complexity index is 795. The first-order valence-electron chi connectivity index (χ1n) is 7.16. The number of nitrogens with two attached hydrogens (primary N) is 1. The summed E-state index contributed by atoms with van der Waals surface area (Å²) < 4.78 is 0. The van der Waals surface area contributed by atoms with E-state index in [0.29, 0.717) is 5.69 Å². The van der Waals surface area contributed by atoms with Gasteiger partial charge >= 0.3 is 0 Å². The summed E-state index contributed by atoms with van der Waals surface area (Å²) in [7, 11) is 0. The van der Waals surface area contributed by atoms with E-state index in [2.05, 4.69) is 48.5 Å². The fourth-order valence-corrected chi connectivity index (χ4v) is 3.13. The maximum absolute atomic E-state index is 8.89. The largest absolute Gasteiger partial charge is 0.508 e. The average Bonchev–Trinajstić information content (AvgIpc) is 2.92. The number of benzene rings is 3. The molecule has 0 atom stereocenters. The second-order valence-corrected chi connectivity index (χ2v) is 6.13. The summed E-state index contributed by atoms with van der Waals surface area (Å²) in [5.41, 5.74) is 11.4. The molecule has 4 heteroatoms. The third-order valence-electron chi connectivity index (χ3n) is 3.77. The van der Waals surface area contributed by atoms with Crippen LogP contribution in [0.25, 0.3) is 11.1 Å². The number of fused-ring (bicyclic) bond motifs is 3. The molecule has 0 fully saturated rings. The number of phenolic OH excluding ortho intramolecular Hbond substituents is 1. The van der Waals surface area contributed by atoms with Gasteiger partial charge in [0.15, 0.2) is 0 Å². The number of halogens is 2. The zero-order chi connectivity index (χ0) is 16.4. The molecule has 0 aromatic heterocycles. The molecule has 0 unspecified atom stereocenters. The number of anilines is 1. The van der Waals surface area contributed by atoms with Crippen LogP contribution in [0, 0.1) is 0 Å². The highest BCUT2D eigenvalue weighted by Crippen LogP contribution is 2.35. The van der Waals surface area contributed by atoms with Crippen molar-refractivity contribution in [3.8, 4) is 16.9 Å². The van der Waals surface area contributed by atoms with Gasteiger partial charge in [0.25, 0.3) is 0 Å². The van der Waals surface area contributed by atoms with Gasteiger partial charge in [0.2, 0.25) is 0 Å². The smallest absolute Gasteiger partial charge is 0.118 e. The summed E-state index contributed by atoms with van der Waals surface area (Å²) >= 11 is 11.1. The zero-order valence-corrected chi connectivity index (χ0v) is 13.8. The number of aromatic hydroxyl groups is 1. The SMILES string of the molecule is Nc1c(Cl)cc(O)cc1Cl.c1ccc2c(c1)Cc1ccccc1-2. The van der Waals surface area contributed by atoms with Crippen molar-refractivity contribution in [3.63, 3.8) is 0 Å². The molecule has 0 saturated heterocycles. The molecule has 0 spiro atoms. The van der Waals surface area contributed by atoms with Crippen LogP contribution in [0.5, 0.6) is 5.75 Å². The van der Waals surface area contributed by atoms with Gasteiger partial charge in [-0.1, -0.05) is 71.7 Å². The number of hydrogen-bond donors (Lipinski definition) is 2. The number of phenols is 1. The minimum Gasteiger partial charge on any atom is -0.508 e. The van der Waals surface area contributed by atoms with Crippen LogP contribution in [0.4, 0.5) is 5.69 Å². The summed E-state index contributed by atoms with van der Waals surface area (Å²) in [6.45, 7) is 0. The van der Waals surface area contributed by atoms with Crippen LogP contribution in [0.3, 0.4) is 0 Å². The number of nitrogen functional groups attached to an aromatic ring is 1. The molecule has 1 aliphatic carbocycles. The zero-order valence-electron chi connectivity index (χ0n) is 12.3. The van der Waals surface area contributed by atoms with Crippen molar-refractivity contribution in [1.82, 2.24) is 0 Å². The van der Waals surface area contributed by atoms with E-state index < -0.39 is 0 Å². The van der Waals surface area contributed by atoms with E-state index in [1.54, 1.807) is 0 Å². The summed E-state index contributed by atoms with van der Waals surface area (Å²) in [5.74, 6) is 0.0178. The summed E-state index contributed by atoms with van der Waals surface area (Å²) in [4.78, 5) is 0. The summed E-state index contributed by atoms with van der Waals surface area (Å²) in [6.07, 6.45) is 1.10. The second kappa shape index (κ2) is 6.53. The van der Waals surface area contributed by atoms with Gasteiger partial charge in [0.05, 0.1) is 15.7 Å². The lowest BCUT2D eigenvalue weighted by Crippen LogP contribution is -1.86. The van der Waals surface area contributed by atoms with Gasteiger partial charge < -0.3 is 10.8 Å². The van der Waals surface area contributed by atoms with Crippen molar-refractivity contribution < 1.29 is 5.11 Å². The first-order chi connectivity index (χ1) is 11.1. The van der Waals surface area contributed by atoms with Crippen molar-refractivity contribution in [2.24, 2.45) is 0 Å². The van der Waals surface area contributed by atoms with Crippen molar-refractivity contribution >= 4 is 28.9 Å². The van der Waals surface area contributed by atoms with Gasteiger partial charge in [-0.15, -0.1) is 0 Å². The summed E-state index contributed by atoms with van der Waals surface area (Å²) in [5, 5.41) is 9.43. The topological polar surface area (TPSA) is 46.2 Å². The van der Waals surface area contributed by atoms with Crippen LogP contribution in [-0.4, -0.2) is 5.11 Å². The van der Waals surface area contributed by atoms with Gasteiger partial charge in [-0.2, -0.15) is 0 Å². The molecular weight excluding hydrogens is 329 g/mol. The maximum atomic E-state index is 8.89. The predicted molar refractivity (Wildman–Crippen MR) is 97.2 cm³/mol. The van der Waals surface area contributed by atoms with Gasteiger partial charge in [-0.05, 0) is 28.7 Å². The van der Waals surface area contributed by atoms with Gasteiger partial charge in [-0.3, -0.25) is 0 Å². The van der Waals surface area contributed by atoms with Crippen molar-refractivity contribution in [3.05, 3.63) is 81.8 Å². The lowest BCUT2D eigenvalue weighted by Gasteiger charge is -2.00. The Kier molecular flexibility index (Phi) is 4.46. The molecule has 1 aliphatic rings. The minimum absolute atomic E-state index is 0.0178. The fraction of sp³-hybridized carbons (Fsp3) is 0.0526. The first kappa shape index (κ1) is 15.7. The Morgan fingerprint density at radius 3 is 1.70 bits per heavy atom. The van der Waals surface area contributed by atoms with E-state index >= 15 is 0 Å². The molecule has 0 amide bonds. The van der Waals surface area contributed by atoms with E-state index in [4.69, 9.17) is 34.0 Å². The highest BCUT2D eigenvalue weighted by molar-refractivity contribution is 6.39. The van der Waals surface area contributed by atoms with E-state index in [9.17, 15) is 0 Å².